The summed E-state index contributed by atoms with van der Waals surface area (Å²) < 4.78 is 5.26. The van der Waals surface area contributed by atoms with Gasteiger partial charge in [0, 0.05) is 24.8 Å². The number of methoxy groups -OCH3 is 1. The van der Waals surface area contributed by atoms with Gasteiger partial charge >= 0.3 is 0 Å². The van der Waals surface area contributed by atoms with E-state index < -0.39 is 0 Å². The first-order valence-corrected chi connectivity index (χ1v) is 8.89. The van der Waals surface area contributed by atoms with Gasteiger partial charge in [-0.1, -0.05) is 24.3 Å². The average molecular weight is 378 g/mol. The number of carbonyl (C=O) groups excluding carboxylic acids is 1. The highest BCUT2D eigenvalue weighted by molar-refractivity contribution is 5.79. The Morgan fingerprint density at radius 2 is 1.71 bits per heavy atom. The van der Waals surface area contributed by atoms with Crippen LogP contribution in [0, 0.1) is 0 Å². The van der Waals surface area contributed by atoms with Crippen LogP contribution in [0.4, 0.5) is 17.5 Å². The Balaban J connectivity index is 1.39. The maximum Gasteiger partial charge on any atom is 0.224 e. The lowest BCUT2D eigenvalue weighted by atomic mass is 10.1. The second-order valence-corrected chi connectivity index (χ2v) is 5.91. The molecule has 2 heterocycles. The van der Waals surface area contributed by atoms with Gasteiger partial charge in [0.2, 0.25) is 5.91 Å². The van der Waals surface area contributed by atoms with Crippen LogP contribution in [0.1, 0.15) is 5.56 Å². The van der Waals surface area contributed by atoms with Crippen molar-refractivity contribution in [2.24, 2.45) is 0 Å². The highest BCUT2D eigenvalue weighted by Gasteiger charge is 2.07. The van der Waals surface area contributed by atoms with E-state index in [0.717, 1.165) is 5.56 Å². The molecule has 0 aliphatic rings. The molecule has 0 atom stereocenters. The van der Waals surface area contributed by atoms with Crippen LogP contribution in [0.15, 0.2) is 60.8 Å². The van der Waals surface area contributed by atoms with Gasteiger partial charge in [0.25, 0.3) is 0 Å². The number of hydrogen-bond acceptors (Lipinski definition) is 7. The van der Waals surface area contributed by atoms with Gasteiger partial charge in [-0.25, -0.2) is 4.98 Å². The molecule has 0 fully saturated rings. The third kappa shape index (κ3) is 5.66. The molecule has 144 valence electrons. The summed E-state index contributed by atoms with van der Waals surface area (Å²) in [5.41, 5.74) is 0.859. The summed E-state index contributed by atoms with van der Waals surface area (Å²) in [7, 11) is 1.60. The number of ether oxygens (including phenoxy) is 1. The van der Waals surface area contributed by atoms with E-state index in [9.17, 15) is 4.79 Å². The molecule has 28 heavy (non-hydrogen) atoms. The third-order valence-corrected chi connectivity index (χ3v) is 3.88. The number of benzene rings is 1. The smallest absolute Gasteiger partial charge is 0.224 e. The normalized spacial score (nSPS) is 10.2. The maximum atomic E-state index is 12.1. The summed E-state index contributed by atoms with van der Waals surface area (Å²) in [5.74, 6) is 2.59. The van der Waals surface area contributed by atoms with Crippen LogP contribution in [-0.2, 0) is 11.2 Å². The van der Waals surface area contributed by atoms with Crippen LogP contribution >= 0.6 is 0 Å². The highest BCUT2D eigenvalue weighted by Crippen LogP contribution is 2.17. The number of nitrogens with zero attached hydrogens (tertiary/aromatic N) is 3. The fourth-order valence-corrected chi connectivity index (χ4v) is 2.54. The molecule has 8 nitrogen and oxygen atoms in total. The average Bonchev–Trinajstić information content (AvgIpc) is 2.73. The monoisotopic (exact) mass is 378 g/mol. The molecule has 0 aliphatic carbocycles. The minimum atomic E-state index is -0.0627. The van der Waals surface area contributed by atoms with Crippen molar-refractivity contribution < 1.29 is 9.53 Å². The van der Waals surface area contributed by atoms with E-state index in [1.807, 2.05) is 54.6 Å². The minimum Gasteiger partial charge on any atom is -0.496 e. The molecule has 0 spiro atoms. The van der Waals surface area contributed by atoms with E-state index in [0.29, 0.717) is 36.3 Å². The van der Waals surface area contributed by atoms with Crippen LogP contribution in [0.3, 0.4) is 0 Å². The van der Waals surface area contributed by atoms with Crippen molar-refractivity contribution in [1.82, 2.24) is 20.5 Å². The molecule has 1 amide bonds. The van der Waals surface area contributed by atoms with Crippen molar-refractivity contribution in [3.05, 3.63) is 66.4 Å². The minimum absolute atomic E-state index is 0.0627. The Kier molecular flexibility index (Phi) is 6.73. The van der Waals surface area contributed by atoms with Gasteiger partial charge in [0.15, 0.2) is 5.82 Å². The van der Waals surface area contributed by atoms with Gasteiger partial charge < -0.3 is 20.7 Å². The number of hydrogen-bond donors (Lipinski definition) is 3. The van der Waals surface area contributed by atoms with Crippen molar-refractivity contribution in [3.8, 4) is 5.75 Å². The van der Waals surface area contributed by atoms with Crippen LogP contribution in [0.5, 0.6) is 5.75 Å². The van der Waals surface area contributed by atoms with E-state index in [4.69, 9.17) is 4.74 Å². The summed E-state index contributed by atoms with van der Waals surface area (Å²) in [6.45, 7) is 1.02. The van der Waals surface area contributed by atoms with Crippen molar-refractivity contribution in [3.63, 3.8) is 0 Å². The molecule has 0 radical (unpaired) electrons. The number of nitrogens with one attached hydrogen (secondary N) is 3. The molecule has 0 aliphatic heterocycles. The number of aromatic nitrogens is 3. The summed E-state index contributed by atoms with van der Waals surface area (Å²) in [6.07, 6.45) is 1.98. The molecule has 3 aromatic rings. The van der Waals surface area contributed by atoms with Crippen molar-refractivity contribution in [2.45, 2.75) is 6.42 Å². The Labute approximate surface area is 163 Å². The second-order valence-electron chi connectivity index (χ2n) is 5.91. The fraction of sp³-hybridized carbons (Fsp3) is 0.200. The van der Waals surface area contributed by atoms with Gasteiger partial charge in [-0.2, -0.15) is 0 Å². The standard InChI is InChI=1S/C20H22N6O2/c1-28-16-7-3-2-6-15(16)14-20(27)23-13-12-22-18-9-10-19(26-25-18)24-17-8-4-5-11-21-17/h2-11H,12-14H2,1H3,(H,22,25)(H,23,27)(H,21,24,26). The first kappa shape index (κ1) is 19.1. The Hall–Kier alpha value is -3.68. The van der Waals surface area contributed by atoms with Gasteiger partial charge in [0.1, 0.15) is 17.4 Å². The first-order valence-electron chi connectivity index (χ1n) is 8.89. The largest absolute Gasteiger partial charge is 0.496 e. The van der Waals surface area contributed by atoms with Gasteiger partial charge in [-0.15, -0.1) is 10.2 Å². The lowest BCUT2D eigenvalue weighted by Crippen LogP contribution is -2.30. The molecule has 2 aromatic heterocycles. The maximum absolute atomic E-state index is 12.1. The van der Waals surface area contributed by atoms with E-state index in [1.54, 1.807) is 13.3 Å². The second kappa shape index (κ2) is 9.86. The van der Waals surface area contributed by atoms with Gasteiger partial charge in [0.05, 0.1) is 13.5 Å². The molecular formula is C20H22N6O2. The van der Waals surface area contributed by atoms with Crippen LogP contribution in [-0.4, -0.2) is 41.3 Å². The van der Waals surface area contributed by atoms with Crippen LogP contribution in [0.2, 0.25) is 0 Å². The predicted octanol–water partition coefficient (Wildman–Crippen LogP) is 2.39. The number of rotatable bonds is 9. The van der Waals surface area contributed by atoms with E-state index >= 15 is 0 Å². The van der Waals surface area contributed by atoms with Crippen molar-refractivity contribution in [2.75, 3.05) is 30.8 Å². The zero-order chi connectivity index (χ0) is 19.6. The molecule has 3 rings (SSSR count). The van der Waals surface area contributed by atoms with Gasteiger partial charge in [-0.3, -0.25) is 4.79 Å². The van der Waals surface area contributed by atoms with Crippen molar-refractivity contribution >= 4 is 23.4 Å². The van der Waals surface area contributed by atoms with Gasteiger partial charge in [-0.05, 0) is 30.3 Å². The molecule has 0 saturated heterocycles. The molecule has 0 unspecified atom stereocenters. The first-order chi connectivity index (χ1) is 13.7. The van der Waals surface area contributed by atoms with Crippen LogP contribution in [0.25, 0.3) is 0 Å². The number of pyridine rings is 1. The summed E-state index contributed by atoms with van der Waals surface area (Å²) in [6, 6.07) is 16.7. The lowest BCUT2D eigenvalue weighted by molar-refractivity contribution is -0.120. The fourth-order valence-electron chi connectivity index (χ4n) is 2.54. The molecule has 1 aromatic carbocycles. The molecule has 3 N–H and O–H groups in total. The Morgan fingerprint density at radius 3 is 2.46 bits per heavy atom. The quantitative estimate of drug-likeness (QED) is 0.492. The van der Waals surface area contributed by atoms with Crippen LogP contribution < -0.4 is 20.7 Å². The molecule has 0 bridgehead atoms. The third-order valence-electron chi connectivity index (χ3n) is 3.88. The molecular weight excluding hydrogens is 356 g/mol. The molecule has 8 heteroatoms. The summed E-state index contributed by atoms with van der Waals surface area (Å²) >= 11 is 0. The number of para-hydroxylation sites is 1. The number of anilines is 3. The summed E-state index contributed by atoms with van der Waals surface area (Å²) in [5, 5.41) is 17.3. The summed E-state index contributed by atoms with van der Waals surface area (Å²) in [4.78, 5) is 16.2. The van der Waals surface area contributed by atoms with E-state index in [2.05, 4.69) is 31.1 Å². The van der Waals surface area contributed by atoms with E-state index in [-0.39, 0.29) is 12.3 Å². The zero-order valence-electron chi connectivity index (χ0n) is 15.6. The topological polar surface area (TPSA) is 101 Å². The Bertz CT molecular complexity index is 887. The number of carbonyl (C=O) groups is 1. The Morgan fingerprint density at radius 1 is 0.929 bits per heavy atom. The number of amides is 1. The SMILES string of the molecule is COc1ccccc1CC(=O)NCCNc1ccc(Nc2ccccn2)nn1. The lowest BCUT2D eigenvalue weighted by Gasteiger charge is -2.10. The van der Waals surface area contributed by atoms with E-state index in [1.165, 1.54) is 0 Å². The zero-order valence-corrected chi connectivity index (χ0v) is 15.6. The van der Waals surface area contributed by atoms with Crippen molar-refractivity contribution in [1.29, 1.82) is 0 Å². The molecule has 0 saturated carbocycles. The predicted molar refractivity (Wildman–Crippen MR) is 108 cm³/mol. The highest BCUT2D eigenvalue weighted by atomic mass is 16.5.